The smallest absolute Gasteiger partial charge is 0.231 e. The van der Waals surface area contributed by atoms with Crippen LogP contribution < -0.4 is 20.9 Å². The molecular formula is C19H16N8O2S. The predicted molar refractivity (Wildman–Crippen MR) is 111 cm³/mol. The highest BCUT2D eigenvalue weighted by atomic mass is 32.2. The van der Waals surface area contributed by atoms with Crippen molar-refractivity contribution in [1.82, 2.24) is 29.7 Å². The zero-order valence-electron chi connectivity index (χ0n) is 15.6. The largest absolute Gasteiger partial charge is 0.454 e. The lowest BCUT2D eigenvalue weighted by Crippen LogP contribution is -2.06. The molecule has 0 aliphatic carbocycles. The van der Waals surface area contributed by atoms with E-state index in [-0.39, 0.29) is 18.7 Å². The van der Waals surface area contributed by atoms with E-state index in [1.165, 1.54) is 11.8 Å². The molecule has 0 fully saturated rings. The average molecular weight is 420 g/mol. The Labute approximate surface area is 175 Å². The van der Waals surface area contributed by atoms with Gasteiger partial charge in [-0.05, 0) is 30.3 Å². The third kappa shape index (κ3) is 3.46. The molecule has 4 N–H and O–H groups in total. The number of nitrogens with two attached hydrogens (primary N) is 2. The molecule has 4 aromatic rings. The highest BCUT2D eigenvalue weighted by Crippen LogP contribution is 2.37. The maximum absolute atomic E-state index is 5.67. The van der Waals surface area contributed by atoms with Gasteiger partial charge in [-0.3, -0.25) is 4.57 Å². The van der Waals surface area contributed by atoms with Gasteiger partial charge in [0, 0.05) is 11.3 Å². The Hall–Kier alpha value is -3.86. The summed E-state index contributed by atoms with van der Waals surface area (Å²) >= 11 is 1.42. The van der Waals surface area contributed by atoms with Gasteiger partial charge in [0.05, 0.1) is 5.75 Å². The first kappa shape index (κ1) is 18.2. The minimum Gasteiger partial charge on any atom is -0.454 e. The number of aromatic nitrogens is 6. The lowest BCUT2D eigenvalue weighted by atomic mass is 10.2. The first-order chi connectivity index (χ1) is 14.7. The van der Waals surface area contributed by atoms with Crippen molar-refractivity contribution in [1.29, 1.82) is 0 Å². The second kappa shape index (κ2) is 7.52. The monoisotopic (exact) mass is 420 g/mol. The Morgan fingerprint density at radius 3 is 2.47 bits per heavy atom. The Balaban J connectivity index is 1.53. The molecule has 1 aliphatic heterocycles. The zero-order chi connectivity index (χ0) is 20.5. The summed E-state index contributed by atoms with van der Waals surface area (Å²) in [6, 6.07) is 15.5. The SMILES string of the molecule is Nc1nc(N)nc(CSc2nnc(-c3ccc4c(c3)OCO4)n2-c2ccccc2)n1. The first-order valence-corrected chi connectivity index (χ1v) is 9.95. The quantitative estimate of drug-likeness (QED) is 0.462. The fourth-order valence-corrected chi connectivity index (χ4v) is 3.85. The predicted octanol–water partition coefficient (Wildman–Crippen LogP) is 2.30. The number of hydrogen-bond acceptors (Lipinski definition) is 10. The summed E-state index contributed by atoms with van der Waals surface area (Å²) in [4.78, 5) is 12.0. The van der Waals surface area contributed by atoms with E-state index in [0.717, 1.165) is 11.3 Å². The summed E-state index contributed by atoms with van der Waals surface area (Å²) < 4.78 is 12.9. The molecule has 5 rings (SSSR count). The summed E-state index contributed by atoms with van der Waals surface area (Å²) in [5, 5.41) is 9.49. The molecule has 150 valence electrons. The number of fused-ring (bicyclic) bond motifs is 1. The fourth-order valence-electron chi connectivity index (χ4n) is 3.05. The molecule has 3 heterocycles. The third-order valence-corrected chi connectivity index (χ3v) is 5.25. The Kier molecular flexibility index (Phi) is 4.56. The van der Waals surface area contributed by atoms with Crippen LogP contribution in [0.25, 0.3) is 17.1 Å². The Morgan fingerprint density at radius 2 is 1.67 bits per heavy atom. The summed E-state index contributed by atoms with van der Waals surface area (Å²) in [6.45, 7) is 0.212. The summed E-state index contributed by atoms with van der Waals surface area (Å²) in [6.07, 6.45) is 0. The maximum Gasteiger partial charge on any atom is 0.231 e. The van der Waals surface area contributed by atoms with E-state index < -0.39 is 0 Å². The van der Waals surface area contributed by atoms with Crippen LogP contribution in [-0.2, 0) is 5.75 Å². The minimum absolute atomic E-state index is 0.0867. The second-order valence-electron chi connectivity index (χ2n) is 6.30. The van der Waals surface area contributed by atoms with Crippen molar-refractivity contribution >= 4 is 23.7 Å². The lowest BCUT2D eigenvalue weighted by Gasteiger charge is -2.10. The number of nitrogen functional groups attached to an aromatic ring is 2. The van der Waals surface area contributed by atoms with Crippen LogP contribution in [0.1, 0.15) is 5.82 Å². The van der Waals surface area contributed by atoms with Crippen molar-refractivity contribution in [3.05, 3.63) is 54.4 Å². The van der Waals surface area contributed by atoms with E-state index in [1.54, 1.807) is 0 Å². The van der Waals surface area contributed by atoms with Gasteiger partial charge in [0.2, 0.25) is 18.7 Å². The van der Waals surface area contributed by atoms with Gasteiger partial charge in [0.1, 0.15) is 5.82 Å². The minimum atomic E-state index is 0.0867. The number of thioether (sulfide) groups is 1. The van der Waals surface area contributed by atoms with Crippen molar-refractivity contribution in [2.24, 2.45) is 0 Å². The zero-order valence-corrected chi connectivity index (χ0v) is 16.4. The van der Waals surface area contributed by atoms with Gasteiger partial charge >= 0.3 is 0 Å². The molecule has 2 aromatic carbocycles. The summed E-state index contributed by atoms with van der Waals surface area (Å²) in [5.74, 6) is 3.12. The molecular weight excluding hydrogens is 404 g/mol. The highest BCUT2D eigenvalue weighted by Gasteiger charge is 2.20. The van der Waals surface area contributed by atoms with Gasteiger partial charge < -0.3 is 20.9 Å². The van der Waals surface area contributed by atoms with Crippen molar-refractivity contribution in [2.45, 2.75) is 10.9 Å². The van der Waals surface area contributed by atoms with Gasteiger partial charge in [0.15, 0.2) is 22.5 Å². The molecule has 11 heteroatoms. The number of rotatable bonds is 5. The van der Waals surface area contributed by atoms with Crippen LogP contribution >= 0.6 is 11.8 Å². The van der Waals surface area contributed by atoms with Crippen molar-refractivity contribution in [3.8, 4) is 28.6 Å². The second-order valence-corrected chi connectivity index (χ2v) is 7.24. The van der Waals surface area contributed by atoms with E-state index in [9.17, 15) is 0 Å². The number of benzene rings is 2. The topological polar surface area (TPSA) is 140 Å². The van der Waals surface area contributed by atoms with Crippen LogP contribution in [0.5, 0.6) is 11.5 Å². The lowest BCUT2D eigenvalue weighted by molar-refractivity contribution is 0.174. The molecule has 30 heavy (non-hydrogen) atoms. The van der Waals surface area contributed by atoms with Crippen LogP contribution in [0.3, 0.4) is 0 Å². The molecule has 2 aromatic heterocycles. The van der Waals surface area contributed by atoms with E-state index in [1.807, 2.05) is 53.1 Å². The van der Waals surface area contributed by atoms with Crippen molar-refractivity contribution in [3.63, 3.8) is 0 Å². The van der Waals surface area contributed by atoms with E-state index >= 15 is 0 Å². The van der Waals surface area contributed by atoms with E-state index in [0.29, 0.717) is 34.1 Å². The van der Waals surface area contributed by atoms with Crippen LogP contribution in [0.4, 0.5) is 11.9 Å². The van der Waals surface area contributed by atoms with Crippen LogP contribution in [0.15, 0.2) is 53.7 Å². The summed E-state index contributed by atoms with van der Waals surface area (Å²) in [7, 11) is 0. The van der Waals surface area contributed by atoms with Crippen LogP contribution in [0, 0.1) is 0 Å². The average Bonchev–Trinajstić information content (AvgIpc) is 3.38. The molecule has 0 atom stereocenters. The van der Waals surface area contributed by atoms with E-state index in [2.05, 4.69) is 25.1 Å². The normalized spacial score (nSPS) is 12.3. The molecule has 0 bridgehead atoms. The fraction of sp³-hybridized carbons (Fsp3) is 0.105. The molecule has 0 amide bonds. The molecule has 0 radical (unpaired) electrons. The highest BCUT2D eigenvalue weighted by molar-refractivity contribution is 7.98. The number of nitrogens with zero attached hydrogens (tertiary/aromatic N) is 6. The van der Waals surface area contributed by atoms with Gasteiger partial charge in [-0.2, -0.15) is 15.0 Å². The number of anilines is 2. The van der Waals surface area contributed by atoms with Gasteiger partial charge in [-0.1, -0.05) is 30.0 Å². The number of hydrogen-bond donors (Lipinski definition) is 2. The third-order valence-electron chi connectivity index (χ3n) is 4.33. The molecule has 0 saturated heterocycles. The Morgan fingerprint density at radius 1 is 0.900 bits per heavy atom. The van der Waals surface area contributed by atoms with Gasteiger partial charge in [0.25, 0.3) is 0 Å². The summed E-state index contributed by atoms with van der Waals surface area (Å²) in [5.41, 5.74) is 13.1. The van der Waals surface area contributed by atoms with Crippen molar-refractivity contribution < 1.29 is 9.47 Å². The van der Waals surface area contributed by atoms with Crippen molar-refractivity contribution in [2.75, 3.05) is 18.3 Å². The molecule has 1 aliphatic rings. The number of ether oxygens (including phenoxy) is 2. The van der Waals surface area contributed by atoms with Crippen LogP contribution in [0.2, 0.25) is 0 Å². The van der Waals surface area contributed by atoms with Gasteiger partial charge in [-0.15, -0.1) is 10.2 Å². The van der Waals surface area contributed by atoms with Gasteiger partial charge in [-0.25, -0.2) is 0 Å². The van der Waals surface area contributed by atoms with Crippen LogP contribution in [-0.4, -0.2) is 36.5 Å². The molecule has 0 saturated carbocycles. The first-order valence-electron chi connectivity index (χ1n) is 8.97. The number of para-hydroxylation sites is 1. The molecule has 10 nitrogen and oxygen atoms in total. The Bertz CT molecular complexity index is 1190. The standard InChI is InChI=1S/C19H16N8O2S/c20-17-22-15(23-18(21)24-17)9-30-19-26-25-16(27(19)12-4-2-1-3-5-12)11-6-7-13-14(8-11)29-10-28-13/h1-8H,9-10H2,(H4,20,21,22,23,24). The maximum atomic E-state index is 5.67. The molecule has 0 unspecified atom stereocenters. The molecule has 0 spiro atoms. The van der Waals surface area contributed by atoms with E-state index in [4.69, 9.17) is 20.9 Å².